The lowest BCUT2D eigenvalue weighted by Crippen LogP contribution is -2.44. The van der Waals surface area contributed by atoms with Gasteiger partial charge in [0.05, 0.1) is 6.10 Å². The number of nitrogens with zero attached hydrogens (tertiary/aromatic N) is 4. The second-order valence-electron chi connectivity index (χ2n) is 7.45. The number of ether oxygens (including phenoxy) is 1. The molecule has 3 aliphatic rings. The first kappa shape index (κ1) is 17.4. The molecule has 1 aromatic heterocycles. The lowest BCUT2D eigenvalue weighted by atomic mass is 10.1. The molecule has 1 atom stereocenters. The minimum atomic E-state index is -0.291. The highest BCUT2D eigenvalue weighted by Crippen LogP contribution is 2.29. The standard InChI is InChI=1S/C19H26N4O3/c24-18-16(8-13-23(18)14-4-1-2-5-14)26-15-6-11-22(12-7-15)19(25)17-20-9-3-10-21-17/h3,9-10,14-16H,1-2,4-8,11-13H2. The van der Waals surface area contributed by atoms with E-state index in [0.717, 1.165) is 38.6 Å². The summed E-state index contributed by atoms with van der Waals surface area (Å²) in [4.78, 5) is 36.9. The molecule has 1 aromatic rings. The van der Waals surface area contributed by atoms with E-state index in [1.807, 2.05) is 4.90 Å². The third-order valence-corrected chi connectivity index (χ3v) is 5.80. The molecule has 0 N–H and O–H groups in total. The summed E-state index contributed by atoms with van der Waals surface area (Å²) in [5, 5.41) is 0. The Balaban J connectivity index is 1.26. The van der Waals surface area contributed by atoms with Crippen molar-refractivity contribution >= 4 is 11.8 Å². The molecule has 26 heavy (non-hydrogen) atoms. The normalized spacial score (nSPS) is 25.2. The first-order valence-corrected chi connectivity index (χ1v) is 9.74. The van der Waals surface area contributed by atoms with Gasteiger partial charge in [-0.2, -0.15) is 0 Å². The van der Waals surface area contributed by atoms with Crippen LogP contribution in [-0.4, -0.2) is 69.5 Å². The molecule has 2 aliphatic heterocycles. The molecule has 140 valence electrons. The van der Waals surface area contributed by atoms with Crippen molar-refractivity contribution in [3.05, 3.63) is 24.3 Å². The Kier molecular flexibility index (Phi) is 5.15. The number of carbonyl (C=O) groups is 2. The zero-order valence-electron chi connectivity index (χ0n) is 15.0. The molecule has 0 spiro atoms. The van der Waals surface area contributed by atoms with Crippen molar-refractivity contribution in [1.29, 1.82) is 0 Å². The van der Waals surface area contributed by atoms with E-state index < -0.39 is 0 Å². The van der Waals surface area contributed by atoms with E-state index in [4.69, 9.17) is 4.74 Å². The summed E-state index contributed by atoms with van der Waals surface area (Å²) in [6, 6.07) is 2.13. The molecular weight excluding hydrogens is 332 g/mol. The molecule has 4 rings (SSSR count). The number of piperidine rings is 1. The summed E-state index contributed by atoms with van der Waals surface area (Å²) < 4.78 is 6.13. The Bertz CT molecular complexity index is 639. The smallest absolute Gasteiger partial charge is 0.291 e. The van der Waals surface area contributed by atoms with Crippen LogP contribution in [0, 0.1) is 0 Å². The summed E-state index contributed by atoms with van der Waals surface area (Å²) in [6.07, 6.45) is 9.98. The molecule has 7 heteroatoms. The summed E-state index contributed by atoms with van der Waals surface area (Å²) >= 11 is 0. The minimum Gasteiger partial charge on any atom is -0.365 e. The van der Waals surface area contributed by atoms with Crippen molar-refractivity contribution < 1.29 is 14.3 Å². The average molecular weight is 358 g/mol. The van der Waals surface area contributed by atoms with Crippen LogP contribution in [0.1, 0.15) is 55.6 Å². The largest absolute Gasteiger partial charge is 0.365 e. The van der Waals surface area contributed by atoms with Gasteiger partial charge in [0.15, 0.2) is 0 Å². The maximum absolute atomic E-state index is 12.6. The Labute approximate surface area is 153 Å². The number of hydrogen-bond acceptors (Lipinski definition) is 5. The Hall–Kier alpha value is -2.02. The second-order valence-corrected chi connectivity index (χ2v) is 7.45. The SMILES string of the molecule is O=C(c1ncccn1)N1CCC(OC2CCN(C3CCCC3)C2=O)CC1. The third-order valence-electron chi connectivity index (χ3n) is 5.80. The number of hydrogen-bond donors (Lipinski definition) is 0. The topological polar surface area (TPSA) is 75.6 Å². The first-order valence-electron chi connectivity index (χ1n) is 9.74. The summed E-state index contributed by atoms with van der Waals surface area (Å²) in [6.45, 7) is 2.07. The van der Waals surface area contributed by atoms with Gasteiger partial charge in [-0.3, -0.25) is 9.59 Å². The van der Waals surface area contributed by atoms with Crippen molar-refractivity contribution in [2.24, 2.45) is 0 Å². The molecular formula is C19H26N4O3. The van der Waals surface area contributed by atoms with E-state index in [1.54, 1.807) is 23.4 Å². The average Bonchev–Trinajstić information content (AvgIpc) is 3.33. The molecule has 3 heterocycles. The fourth-order valence-corrected chi connectivity index (χ4v) is 4.36. The monoisotopic (exact) mass is 358 g/mol. The summed E-state index contributed by atoms with van der Waals surface area (Å²) in [5.74, 6) is 0.284. The highest BCUT2D eigenvalue weighted by Gasteiger charge is 2.39. The van der Waals surface area contributed by atoms with E-state index in [1.165, 1.54) is 12.8 Å². The predicted molar refractivity (Wildman–Crippen MR) is 94.4 cm³/mol. The van der Waals surface area contributed by atoms with Crippen molar-refractivity contribution in [2.45, 2.75) is 63.2 Å². The van der Waals surface area contributed by atoms with Gasteiger partial charge in [-0.05, 0) is 31.7 Å². The molecule has 2 saturated heterocycles. The van der Waals surface area contributed by atoms with Gasteiger partial charge in [0.1, 0.15) is 6.10 Å². The Morgan fingerprint density at radius 1 is 1.00 bits per heavy atom. The first-order chi connectivity index (χ1) is 12.7. The fraction of sp³-hybridized carbons (Fsp3) is 0.684. The Morgan fingerprint density at radius 2 is 1.69 bits per heavy atom. The van der Waals surface area contributed by atoms with E-state index in [-0.39, 0.29) is 29.8 Å². The Morgan fingerprint density at radius 3 is 2.38 bits per heavy atom. The predicted octanol–water partition coefficient (Wildman–Crippen LogP) is 1.64. The van der Waals surface area contributed by atoms with Gasteiger partial charge < -0.3 is 14.5 Å². The van der Waals surface area contributed by atoms with Crippen LogP contribution in [-0.2, 0) is 9.53 Å². The zero-order chi connectivity index (χ0) is 17.9. The fourth-order valence-electron chi connectivity index (χ4n) is 4.36. The quantitative estimate of drug-likeness (QED) is 0.818. The molecule has 7 nitrogen and oxygen atoms in total. The molecule has 3 fully saturated rings. The molecule has 1 unspecified atom stereocenters. The van der Waals surface area contributed by atoms with Crippen LogP contribution in [0.3, 0.4) is 0 Å². The number of amides is 2. The van der Waals surface area contributed by atoms with Gasteiger partial charge >= 0.3 is 0 Å². The molecule has 2 amide bonds. The van der Waals surface area contributed by atoms with Crippen LogP contribution in [0.15, 0.2) is 18.5 Å². The van der Waals surface area contributed by atoms with Gasteiger partial charge in [0.2, 0.25) is 5.82 Å². The van der Waals surface area contributed by atoms with Gasteiger partial charge in [0.25, 0.3) is 11.8 Å². The molecule has 0 aromatic carbocycles. The van der Waals surface area contributed by atoms with Crippen molar-refractivity contribution in [3.8, 4) is 0 Å². The molecule has 1 aliphatic carbocycles. The zero-order valence-corrected chi connectivity index (χ0v) is 15.0. The lowest BCUT2D eigenvalue weighted by molar-refractivity contribution is -0.143. The molecule has 1 saturated carbocycles. The van der Waals surface area contributed by atoms with Crippen molar-refractivity contribution in [2.75, 3.05) is 19.6 Å². The third kappa shape index (κ3) is 3.58. The molecule has 0 radical (unpaired) electrons. The van der Waals surface area contributed by atoms with Crippen LogP contribution < -0.4 is 0 Å². The van der Waals surface area contributed by atoms with Gasteiger partial charge in [-0.1, -0.05) is 12.8 Å². The van der Waals surface area contributed by atoms with Crippen molar-refractivity contribution in [1.82, 2.24) is 19.8 Å². The van der Waals surface area contributed by atoms with Crippen LogP contribution in [0.4, 0.5) is 0 Å². The van der Waals surface area contributed by atoms with E-state index in [0.29, 0.717) is 19.1 Å². The number of likely N-dealkylation sites (tertiary alicyclic amines) is 2. The number of carbonyl (C=O) groups excluding carboxylic acids is 2. The van der Waals surface area contributed by atoms with E-state index >= 15 is 0 Å². The lowest BCUT2D eigenvalue weighted by Gasteiger charge is -2.32. The highest BCUT2D eigenvalue weighted by molar-refractivity contribution is 5.90. The summed E-state index contributed by atoms with van der Waals surface area (Å²) in [5.41, 5.74) is 0. The van der Waals surface area contributed by atoms with Gasteiger partial charge in [-0.15, -0.1) is 0 Å². The second kappa shape index (κ2) is 7.70. The number of aromatic nitrogens is 2. The van der Waals surface area contributed by atoms with E-state index in [2.05, 4.69) is 9.97 Å². The van der Waals surface area contributed by atoms with Crippen molar-refractivity contribution in [3.63, 3.8) is 0 Å². The highest BCUT2D eigenvalue weighted by atomic mass is 16.5. The number of rotatable bonds is 4. The van der Waals surface area contributed by atoms with E-state index in [9.17, 15) is 9.59 Å². The maximum atomic E-state index is 12.6. The van der Waals surface area contributed by atoms with Crippen LogP contribution in [0.5, 0.6) is 0 Å². The summed E-state index contributed by atoms with van der Waals surface area (Å²) in [7, 11) is 0. The maximum Gasteiger partial charge on any atom is 0.291 e. The van der Waals surface area contributed by atoms with Crippen LogP contribution in [0.2, 0.25) is 0 Å². The molecule has 0 bridgehead atoms. The minimum absolute atomic E-state index is 0.0493. The van der Waals surface area contributed by atoms with Gasteiger partial charge in [-0.25, -0.2) is 9.97 Å². The van der Waals surface area contributed by atoms with Crippen LogP contribution in [0.25, 0.3) is 0 Å². The van der Waals surface area contributed by atoms with Gasteiger partial charge in [0, 0.05) is 44.5 Å². The van der Waals surface area contributed by atoms with Crippen LogP contribution >= 0.6 is 0 Å².